The van der Waals surface area contributed by atoms with Crippen molar-refractivity contribution < 1.29 is 14.1 Å². The highest BCUT2D eigenvalue weighted by Crippen LogP contribution is 2.43. The summed E-state index contributed by atoms with van der Waals surface area (Å²) in [5, 5.41) is 7.79. The second-order valence-electron chi connectivity index (χ2n) is 6.52. The summed E-state index contributed by atoms with van der Waals surface area (Å²) in [6, 6.07) is 9.85. The topological polar surface area (TPSA) is 77.3 Å². The van der Waals surface area contributed by atoms with E-state index in [0.29, 0.717) is 24.9 Å². The van der Waals surface area contributed by atoms with E-state index in [-0.39, 0.29) is 11.8 Å². The van der Waals surface area contributed by atoms with E-state index in [1.54, 1.807) is 6.92 Å². The monoisotopic (exact) mass is 383 g/mol. The Balaban J connectivity index is 1.69. The Morgan fingerprint density at radius 1 is 1.33 bits per heavy atom. The van der Waals surface area contributed by atoms with Gasteiger partial charge in [0.25, 0.3) is 5.89 Å². The number of carbonyl (C=O) groups is 1. The van der Waals surface area contributed by atoms with Crippen molar-refractivity contribution in [3.63, 3.8) is 0 Å². The summed E-state index contributed by atoms with van der Waals surface area (Å²) in [7, 11) is 0. The van der Waals surface area contributed by atoms with Gasteiger partial charge in [0.15, 0.2) is 5.82 Å². The molecule has 7 heteroatoms. The largest absolute Gasteiger partial charge is 0.376 e. The molecule has 1 aliphatic rings. The second-order valence-corrected chi connectivity index (χ2v) is 7.62. The average molecular weight is 383 g/mol. The molecule has 0 bridgehead atoms. The zero-order chi connectivity index (χ0) is 18.8. The van der Waals surface area contributed by atoms with Gasteiger partial charge in [-0.25, -0.2) is 0 Å². The van der Waals surface area contributed by atoms with Gasteiger partial charge in [-0.2, -0.15) is 4.98 Å². The molecule has 4 rings (SSSR count). The summed E-state index contributed by atoms with van der Waals surface area (Å²) >= 11 is 1.53. The van der Waals surface area contributed by atoms with E-state index in [4.69, 9.17) is 9.26 Å². The van der Waals surface area contributed by atoms with Gasteiger partial charge in [0.2, 0.25) is 5.91 Å². The van der Waals surface area contributed by atoms with Crippen molar-refractivity contribution in [1.29, 1.82) is 0 Å². The molecule has 0 radical (unpaired) electrons. The van der Waals surface area contributed by atoms with Crippen molar-refractivity contribution in [1.82, 2.24) is 10.1 Å². The second kappa shape index (κ2) is 7.62. The quantitative estimate of drug-likeness (QED) is 0.710. The first-order chi connectivity index (χ1) is 13.2. The molecule has 0 saturated carbocycles. The molecule has 3 aromatic rings. The Bertz CT molecular complexity index is 949. The maximum Gasteiger partial charge on any atom is 0.261 e. The number of ether oxygens (including phenoxy) is 1. The number of benzene rings is 1. The Kier molecular flexibility index (Phi) is 5.05. The maximum absolute atomic E-state index is 13.0. The maximum atomic E-state index is 13.0. The van der Waals surface area contributed by atoms with Crippen LogP contribution in [-0.2, 0) is 22.6 Å². The van der Waals surface area contributed by atoms with Crippen molar-refractivity contribution in [2.75, 3.05) is 11.9 Å². The minimum atomic E-state index is -0.209. The fourth-order valence-corrected chi connectivity index (χ4v) is 4.58. The zero-order valence-corrected chi connectivity index (χ0v) is 16.1. The number of rotatable bonds is 5. The molecule has 1 amide bonds. The van der Waals surface area contributed by atoms with Gasteiger partial charge in [-0.05, 0) is 30.9 Å². The summed E-state index contributed by atoms with van der Waals surface area (Å²) in [5.74, 6) is 0.791. The molecule has 1 unspecified atom stereocenters. The van der Waals surface area contributed by atoms with E-state index in [2.05, 4.69) is 15.5 Å². The van der Waals surface area contributed by atoms with Crippen molar-refractivity contribution in [3.8, 4) is 11.5 Å². The Morgan fingerprint density at radius 2 is 2.15 bits per heavy atom. The molecule has 1 aromatic carbocycles. The highest BCUT2D eigenvalue weighted by Gasteiger charge is 2.28. The SMILES string of the molecule is CCC(C(=O)Nc1sc2c(c1-c1nc(C)no1)CCOC2)c1ccccc1. The number of nitrogens with one attached hydrogen (secondary N) is 1. The molecular weight excluding hydrogens is 362 g/mol. The number of aromatic nitrogens is 2. The normalized spacial score (nSPS) is 14.6. The van der Waals surface area contributed by atoms with Crippen molar-refractivity contribution in [2.24, 2.45) is 0 Å². The molecule has 0 fully saturated rings. The molecule has 1 N–H and O–H groups in total. The number of anilines is 1. The molecule has 0 aliphatic carbocycles. The van der Waals surface area contributed by atoms with Gasteiger partial charge < -0.3 is 14.6 Å². The van der Waals surface area contributed by atoms with Crippen LogP contribution in [0, 0.1) is 6.92 Å². The van der Waals surface area contributed by atoms with Gasteiger partial charge in [-0.3, -0.25) is 4.79 Å². The van der Waals surface area contributed by atoms with E-state index < -0.39 is 0 Å². The summed E-state index contributed by atoms with van der Waals surface area (Å²) in [5.41, 5.74) is 2.99. The number of carbonyl (C=O) groups excluding carboxylic acids is 1. The molecule has 1 atom stereocenters. The first-order valence-corrected chi connectivity index (χ1v) is 9.87. The molecule has 140 valence electrons. The molecule has 6 nitrogen and oxygen atoms in total. The van der Waals surface area contributed by atoms with E-state index >= 15 is 0 Å². The van der Waals surface area contributed by atoms with Gasteiger partial charge in [0.1, 0.15) is 5.00 Å². The minimum Gasteiger partial charge on any atom is -0.376 e. The minimum absolute atomic E-state index is 0.0271. The third-order valence-corrected chi connectivity index (χ3v) is 5.85. The van der Waals surface area contributed by atoms with E-state index in [0.717, 1.165) is 39.4 Å². The van der Waals surface area contributed by atoms with Crippen LogP contribution in [0.5, 0.6) is 0 Å². The standard InChI is InChI=1S/C20H21N3O3S/c1-3-14(13-7-5-4-6-8-13)18(24)22-20-17(19-21-12(2)23-26-19)15-9-10-25-11-16(15)27-20/h4-8,14H,3,9-11H2,1-2H3,(H,22,24). The van der Waals surface area contributed by atoms with Crippen LogP contribution in [0.15, 0.2) is 34.9 Å². The van der Waals surface area contributed by atoms with Crippen molar-refractivity contribution in [2.45, 2.75) is 39.2 Å². The lowest BCUT2D eigenvalue weighted by atomic mass is 9.95. The predicted octanol–water partition coefficient (Wildman–Crippen LogP) is 4.31. The van der Waals surface area contributed by atoms with E-state index in [9.17, 15) is 4.79 Å². The van der Waals surface area contributed by atoms with Crippen LogP contribution in [0.1, 0.15) is 41.1 Å². The lowest BCUT2D eigenvalue weighted by Gasteiger charge is -2.15. The Morgan fingerprint density at radius 3 is 2.85 bits per heavy atom. The highest BCUT2D eigenvalue weighted by molar-refractivity contribution is 7.17. The van der Waals surface area contributed by atoms with E-state index in [1.807, 2.05) is 37.3 Å². The van der Waals surface area contributed by atoms with Gasteiger partial charge in [0, 0.05) is 4.88 Å². The van der Waals surface area contributed by atoms with Gasteiger partial charge in [0.05, 0.1) is 24.7 Å². The fraction of sp³-hybridized carbons (Fsp3) is 0.350. The summed E-state index contributed by atoms with van der Waals surface area (Å²) in [6.07, 6.45) is 1.49. The Labute approximate surface area is 161 Å². The number of aryl methyl sites for hydroxylation is 1. The first-order valence-electron chi connectivity index (χ1n) is 9.06. The van der Waals surface area contributed by atoms with Crippen LogP contribution in [0.25, 0.3) is 11.5 Å². The molecule has 0 spiro atoms. The first kappa shape index (κ1) is 17.9. The third-order valence-electron chi connectivity index (χ3n) is 4.73. The summed E-state index contributed by atoms with van der Waals surface area (Å²) < 4.78 is 11.0. The molecule has 3 heterocycles. The molecule has 1 aliphatic heterocycles. The Hall–Kier alpha value is -2.51. The van der Waals surface area contributed by atoms with Gasteiger partial charge >= 0.3 is 0 Å². The number of nitrogens with zero attached hydrogens (tertiary/aromatic N) is 2. The molecule has 27 heavy (non-hydrogen) atoms. The third kappa shape index (κ3) is 3.52. The van der Waals surface area contributed by atoms with Crippen molar-refractivity contribution >= 4 is 22.2 Å². The van der Waals surface area contributed by atoms with Crippen LogP contribution < -0.4 is 5.32 Å². The lowest BCUT2D eigenvalue weighted by molar-refractivity contribution is -0.117. The van der Waals surface area contributed by atoms with Crippen LogP contribution >= 0.6 is 11.3 Å². The smallest absolute Gasteiger partial charge is 0.261 e. The van der Waals surface area contributed by atoms with E-state index in [1.165, 1.54) is 11.3 Å². The fourth-order valence-electron chi connectivity index (χ4n) is 3.40. The van der Waals surface area contributed by atoms with Crippen LogP contribution in [-0.4, -0.2) is 22.7 Å². The highest BCUT2D eigenvalue weighted by atomic mass is 32.1. The van der Waals surface area contributed by atoms with Crippen LogP contribution in [0.2, 0.25) is 0 Å². The van der Waals surface area contributed by atoms with Gasteiger partial charge in [-0.15, -0.1) is 11.3 Å². The zero-order valence-electron chi connectivity index (χ0n) is 15.3. The summed E-state index contributed by atoms with van der Waals surface area (Å²) in [6.45, 7) is 5.01. The lowest BCUT2D eigenvalue weighted by Crippen LogP contribution is -2.20. The predicted molar refractivity (Wildman–Crippen MR) is 104 cm³/mol. The van der Waals surface area contributed by atoms with Crippen LogP contribution in [0.3, 0.4) is 0 Å². The molecular formula is C20H21N3O3S. The number of amides is 1. The summed E-state index contributed by atoms with van der Waals surface area (Å²) in [4.78, 5) is 18.5. The van der Waals surface area contributed by atoms with Crippen LogP contribution in [0.4, 0.5) is 5.00 Å². The number of hydrogen-bond donors (Lipinski definition) is 1. The molecule has 0 saturated heterocycles. The molecule has 2 aromatic heterocycles. The van der Waals surface area contributed by atoms with Gasteiger partial charge in [-0.1, -0.05) is 42.4 Å². The number of hydrogen-bond acceptors (Lipinski definition) is 6. The van der Waals surface area contributed by atoms with Crippen molar-refractivity contribution in [3.05, 3.63) is 52.2 Å². The number of thiophene rings is 1. The average Bonchev–Trinajstić information content (AvgIpc) is 3.26. The number of fused-ring (bicyclic) bond motifs is 1.